The van der Waals surface area contributed by atoms with Crippen LogP contribution in [-0.4, -0.2) is 22.8 Å². The molecule has 0 aliphatic rings. The Balaban J connectivity index is 1.61. The van der Waals surface area contributed by atoms with E-state index in [0.717, 1.165) is 10.2 Å². The van der Waals surface area contributed by atoms with Crippen molar-refractivity contribution in [2.24, 2.45) is 0 Å². The number of halogens is 1. The summed E-state index contributed by atoms with van der Waals surface area (Å²) >= 11 is 3.36. The molecule has 0 bridgehead atoms. The number of benzene rings is 1. The van der Waals surface area contributed by atoms with Gasteiger partial charge in [0.2, 0.25) is 5.89 Å². The molecule has 0 spiro atoms. The highest BCUT2D eigenvalue weighted by atomic mass is 79.9. The second-order valence-electron chi connectivity index (χ2n) is 4.28. The second kappa shape index (κ2) is 7.78. The molecule has 0 aliphatic carbocycles. The Morgan fingerprint density at radius 2 is 2.24 bits per heavy atom. The van der Waals surface area contributed by atoms with Gasteiger partial charge in [0, 0.05) is 17.8 Å². The monoisotopic (exact) mass is 354 g/mol. The highest BCUT2D eigenvalue weighted by Gasteiger charge is 2.07. The molecular weight excluding hydrogens is 340 g/mol. The quantitative estimate of drug-likeness (QED) is 0.561. The van der Waals surface area contributed by atoms with Crippen LogP contribution in [0.3, 0.4) is 0 Å². The van der Waals surface area contributed by atoms with Crippen LogP contribution in [-0.2, 0) is 16.1 Å². The van der Waals surface area contributed by atoms with Crippen molar-refractivity contribution in [1.29, 1.82) is 0 Å². The molecule has 0 saturated heterocycles. The largest absolute Gasteiger partial charge is 0.494 e. The van der Waals surface area contributed by atoms with Gasteiger partial charge in [-0.05, 0) is 24.6 Å². The Morgan fingerprint density at radius 1 is 1.38 bits per heavy atom. The number of nitrogens with zero attached hydrogens (tertiary/aromatic N) is 2. The lowest BCUT2D eigenvalue weighted by Gasteiger charge is -2.06. The minimum absolute atomic E-state index is 0.00611. The van der Waals surface area contributed by atoms with E-state index in [-0.39, 0.29) is 19.0 Å². The number of hydrogen-bond donors (Lipinski definition) is 0. The van der Waals surface area contributed by atoms with Crippen LogP contribution in [0.15, 0.2) is 33.2 Å². The molecule has 1 heterocycles. The van der Waals surface area contributed by atoms with Gasteiger partial charge in [-0.25, -0.2) is 0 Å². The number of rotatable bonds is 7. The summed E-state index contributed by atoms with van der Waals surface area (Å²) in [6.45, 7) is 2.13. The van der Waals surface area contributed by atoms with Crippen molar-refractivity contribution in [2.75, 3.05) is 6.61 Å². The molecule has 7 heteroatoms. The minimum atomic E-state index is -0.316. The van der Waals surface area contributed by atoms with Gasteiger partial charge in [0.25, 0.3) is 5.89 Å². The maximum Gasteiger partial charge on any atom is 0.306 e. The summed E-state index contributed by atoms with van der Waals surface area (Å²) in [7, 11) is 0. The van der Waals surface area contributed by atoms with Gasteiger partial charge in [-0.3, -0.25) is 4.79 Å². The summed E-state index contributed by atoms with van der Waals surface area (Å²) in [4.78, 5) is 11.5. The average Bonchev–Trinajstić information content (AvgIpc) is 2.87. The van der Waals surface area contributed by atoms with Crippen molar-refractivity contribution < 1.29 is 18.7 Å². The van der Waals surface area contributed by atoms with Crippen LogP contribution in [0.1, 0.15) is 24.6 Å². The molecule has 0 radical (unpaired) electrons. The third kappa shape index (κ3) is 5.55. The molecule has 0 saturated carbocycles. The first-order valence-electron chi connectivity index (χ1n) is 6.46. The summed E-state index contributed by atoms with van der Waals surface area (Å²) in [6, 6.07) is 7.54. The Kier molecular flexibility index (Phi) is 5.74. The molecule has 0 amide bonds. The number of aromatic nitrogens is 2. The zero-order valence-electron chi connectivity index (χ0n) is 11.5. The van der Waals surface area contributed by atoms with E-state index in [1.807, 2.05) is 24.3 Å². The zero-order valence-corrected chi connectivity index (χ0v) is 13.1. The van der Waals surface area contributed by atoms with Gasteiger partial charge in [-0.15, -0.1) is 10.2 Å². The molecule has 112 valence electrons. The number of aryl methyl sites for hydroxylation is 1. The molecule has 21 heavy (non-hydrogen) atoms. The van der Waals surface area contributed by atoms with E-state index >= 15 is 0 Å². The van der Waals surface area contributed by atoms with Gasteiger partial charge < -0.3 is 13.9 Å². The first kappa shape index (κ1) is 15.5. The van der Waals surface area contributed by atoms with Gasteiger partial charge >= 0.3 is 5.97 Å². The van der Waals surface area contributed by atoms with Crippen molar-refractivity contribution in [1.82, 2.24) is 10.2 Å². The van der Waals surface area contributed by atoms with Crippen molar-refractivity contribution in [3.63, 3.8) is 0 Å². The summed E-state index contributed by atoms with van der Waals surface area (Å²) in [5, 5.41) is 7.39. The normalized spacial score (nSPS) is 10.4. The Labute approximate surface area is 130 Å². The van der Waals surface area contributed by atoms with Crippen LogP contribution in [0, 0.1) is 6.92 Å². The third-order valence-electron chi connectivity index (χ3n) is 2.51. The lowest BCUT2D eigenvalue weighted by molar-refractivity contribution is -0.145. The van der Waals surface area contributed by atoms with Gasteiger partial charge in [0.15, 0.2) is 6.61 Å². The Hall–Kier alpha value is -1.89. The molecule has 0 atom stereocenters. The van der Waals surface area contributed by atoms with Crippen LogP contribution in [0.2, 0.25) is 0 Å². The van der Waals surface area contributed by atoms with Crippen LogP contribution < -0.4 is 4.74 Å². The first-order chi connectivity index (χ1) is 10.1. The lowest BCUT2D eigenvalue weighted by atomic mass is 10.3. The van der Waals surface area contributed by atoms with Crippen LogP contribution >= 0.6 is 15.9 Å². The molecule has 6 nitrogen and oxygen atoms in total. The summed E-state index contributed by atoms with van der Waals surface area (Å²) in [6.07, 6.45) is 0.856. The van der Waals surface area contributed by atoms with E-state index in [0.29, 0.717) is 24.8 Å². The summed E-state index contributed by atoms with van der Waals surface area (Å²) < 4.78 is 16.6. The van der Waals surface area contributed by atoms with Crippen LogP contribution in [0.5, 0.6) is 5.75 Å². The molecule has 1 aromatic carbocycles. The summed E-state index contributed by atoms with van der Waals surface area (Å²) in [5.41, 5.74) is 0. The average molecular weight is 355 g/mol. The number of carbonyl (C=O) groups is 1. The topological polar surface area (TPSA) is 74.5 Å². The predicted molar refractivity (Wildman–Crippen MR) is 77.7 cm³/mol. The lowest BCUT2D eigenvalue weighted by Crippen LogP contribution is -2.07. The zero-order chi connectivity index (χ0) is 15.1. The number of hydrogen-bond acceptors (Lipinski definition) is 6. The van der Waals surface area contributed by atoms with E-state index in [4.69, 9.17) is 13.9 Å². The standard InChI is InChI=1S/C14H15BrN2O4/c1-10-16-17-13(21-10)9-20-14(18)6-3-7-19-12-5-2-4-11(15)8-12/h2,4-5,8H,3,6-7,9H2,1H3. The molecule has 0 fully saturated rings. The molecule has 0 aliphatic heterocycles. The van der Waals surface area contributed by atoms with E-state index in [1.54, 1.807) is 6.92 Å². The highest BCUT2D eigenvalue weighted by Crippen LogP contribution is 2.17. The smallest absolute Gasteiger partial charge is 0.306 e. The summed E-state index contributed by atoms with van der Waals surface area (Å²) in [5.74, 6) is 1.19. The number of esters is 1. The SMILES string of the molecule is Cc1nnc(COC(=O)CCCOc2cccc(Br)c2)o1. The van der Waals surface area contributed by atoms with E-state index in [9.17, 15) is 4.79 Å². The van der Waals surface area contributed by atoms with Crippen molar-refractivity contribution >= 4 is 21.9 Å². The fourth-order valence-electron chi connectivity index (χ4n) is 1.57. The molecule has 1 aromatic heterocycles. The second-order valence-corrected chi connectivity index (χ2v) is 5.20. The maximum atomic E-state index is 11.5. The van der Waals surface area contributed by atoms with Gasteiger partial charge in [0.1, 0.15) is 5.75 Å². The molecule has 2 rings (SSSR count). The van der Waals surface area contributed by atoms with Gasteiger partial charge in [-0.1, -0.05) is 22.0 Å². The maximum absolute atomic E-state index is 11.5. The number of carbonyl (C=O) groups excluding carboxylic acids is 1. The highest BCUT2D eigenvalue weighted by molar-refractivity contribution is 9.10. The van der Waals surface area contributed by atoms with E-state index in [2.05, 4.69) is 26.1 Å². The van der Waals surface area contributed by atoms with Crippen LogP contribution in [0.4, 0.5) is 0 Å². The van der Waals surface area contributed by atoms with Crippen LogP contribution in [0.25, 0.3) is 0 Å². The van der Waals surface area contributed by atoms with E-state index in [1.165, 1.54) is 0 Å². The fraction of sp³-hybridized carbons (Fsp3) is 0.357. The van der Waals surface area contributed by atoms with Crippen molar-refractivity contribution in [3.8, 4) is 5.75 Å². The minimum Gasteiger partial charge on any atom is -0.494 e. The fourth-order valence-corrected chi connectivity index (χ4v) is 1.95. The first-order valence-corrected chi connectivity index (χ1v) is 7.26. The van der Waals surface area contributed by atoms with Crippen molar-refractivity contribution in [2.45, 2.75) is 26.4 Å². The molecular formula is C14H15BrN2O4. The molecule has 2 aromatic rings. The molecule has 0 N–H and O–H groups in total. The van der Waals surface area contributed by atoms with Gasteiger partial charge in [0.05, 0.1) is 6.61 Å². The van der Waals surface area contributed by atoms with E-state index < -0.39 is 0 Å². The van der Waals surface area contributed by atoms with Gasteiger partial charge in [-0.2, -0.15) is 0 Å². The van der Waals surface area contributed by atoms with Crippen molar-refractivity contribution in [3.05, 3.63) is 40.5 Å². The Morgan fingerprint density at radius 3 is 2.95 bits per heavy atom. The predicted octanol–water partition coefficient (Wildman–Crippen LogP) is 3.04. The molecule has 0 unspecified atom stereocenters. The Bertz CT molecular complexity index is 600. The third-order valence-corrected chi connectivity index (χ3v) is 3.01. The number of ether oxygens (including phenoxy) is 2.